The number of nitrogens with one attached hydrogen (secondary N) is 1. The number of ether oxygens (including phenoxy) is 1. The number of benzene rings is 1. The van der Waals surface area contributed by atoms with E-state index in [1.54, 1.807) is 7.11 Å². The average molecular weight is 503 g/mol. The summed E-state index contributed by atoms with van der Waals surface area (Å²) >= 11 is 1.39. The molecule has 1 aliphatic carbocycles. The second-order valence-corrected chi connectivity index (χ2v) is 10.4. The first-order valence-corrected chi connectivity index (χ1v) is 13.1. The van der Waals surface area contributed by atoms with Crippen LogP contribution in [0.25, 0.3) is 0 Å². The summed E-state index contributed by atoms with van der Waals surface area (Å²) in [6, 6.07) is 9.80. The Morgan fingerprint density at radius 2 is 2.12 bits per heavy atom. The predicted molar refractivity (Wildman–Crippen MR) is 129 cm³/mol. The minimum atomic E-state index is -3.95. The maximum atomic E-state index is 13.3. The van der Waals surface area contributed by atoms with Crippen molar-refractivity contribution in [1.82, 2.24) is 9.97 Å². The van der Waals surface area contributed by atoms with Crippen LogP contribution in [0.2, 0.25) is 0 Å². The lowest BCUT2D eigenvalue weighted by Gasteiger charge is -2.15. The summed E-state index contributed by atoms with van der Waals surface area (Å²) in [5.41, 5.74) is 2.55. The van der Waals surface area contributed by atoms with Crippen molar-refractivity contribution in [2.24, 2.45) is 11.1 Å². The minimum Gasteiger partial charge on any atom is -0.497 e. The monoisotopic (exact) mass is 502 g/mol. The van der Waals surface area contributed by atoms with Gasteiger partial charge in [0.05, 0.1) is 24.2 Å². The average Bonchev–Trinajstić information content (AvgIpc) is 3.47. The number of aromatic nitrogens is 2. The number of anilines is 1. The SMILES string of the molecule is COc1cccc(Cc2csc(C(=O)c3cncnc3N[C@H]3CCC(COS(N)(=O)=O)C3)c2)c1. The van der Waals surface area contributed by atoms with Crippen molar-refractivity contribution >= 4 is 33.2 Å². The topological polar surface area (TPSA) is 134 Å². The fraction of sp³-hybridized carbons (Fsp3) is 0.348. The van der Waals surface area contributed by atoms with Crippen LogP contribution in [0.3, 0.4) is 0 Å². The lowest BCUT2D eigenvalue weighted by Crippen LogP contribution is -2.22. The maximum absolute atomic E-state index is 13.3. The lowest BCUT2D eigenvalue weighted by atomic mass is 10.1. The fourth-order valence-electron chi connectivity index (χ4n) is 4.09. The Kier molecular flexibility index (Phi) is 7.57. The molecule has 0 bridgehead atoms. The van der Waals surface area contributed by atoms with Gasteiger partial charge in [0.1, 0.15) is 17.9 Å². The van der Waals surface area contributed by atoms with E-state index in [1.807, 2.05) is 35.7 Å². The fourth-order valence-corrected chi connectivity index (χ4v) is 5.34. The van der Waals surface area contributed by atoms with Gasteiger partial charge in [-0.15, -0.1) is 11.3 Å². The van der Waals surface area contributed by atoms with E-state index in [4.69, 9.17) is 14.1 Å². The number of nitrogens with zero attached hydrogens (tertiary/aromatic N) is 2. The van der Waals surface area contributed by atoms with E-state index in [-0.39, 0.29) is 24.3 Å². The first kappa shape index (κ1) is 24.3. The van der Waals surface area contributed by atoms with Crippen molar-refractivity contribution in [3.8, 4) is 5.75 Å². The standard InChI is InChI=1S/C23H26N4O5S2/c1-31-19-4-2-3-15(9-19)7-17-10-21(33-13-17)22(28)20-11-25-14-26-23(20)27-18-6-5-16(8-18)12-32-34(24,29)30/h2-4,9-11,13-14,16,18H,5-8,12H2,1H3,(H2,24,29,30)(H,25,26,27)/t16?,18-/m0/s1. The van der Waals surface area contributed by atoms with Gasteiger partial charge in [0.2, 0.25) is 5.78 Å². The maximum Gasteiger partial charge on any atom is 0.333 e. The molecule has 180 valence electrons. The molecule has 3 N–H and O–H groups in total. The molecule has 0 amide bonds. The van der Waals surface area contributed by atoms with Crippen LogP contribution in [-0.4, -0.2) is 43.9 Å². The smallest absolute Gasteiger partial charge is 0.333 e. The van der Waals surface area contributed by atoms with Crippen LogP contribution in [0.5, 0.6) is 5.75 Å². The normalized spacial score (nSPS) is 18.1. The second-order valence-electron chi connectivity index (χ2n) is 8.26. The van der Waals surface area contributed by atoms with Crippen molar-refractivity contribution in [1.29, 1.82) is 0 Å². The third kappa shape index (κ3) is 6.38. The van der Waals surface area contributed by atoms with E-state index in [9.17, 15) is 13.2 Å². The number of hydrogen-bond acceptors (Lipinski definition) is 9. The zero-order chi connectivity index (χ0) is 24.1. The predicted octanol–water partition coefficient (Wildman–Crippen LogP) is 3.17. The number of rotatable bonds is 10. The first-order valence-electron chi connectivity index (χ1n) is 10.8. The molecule has 1 saturated carbocycles. The molecule has 4 rings (SSSR count). The van der Waals surface area contributed by atoms with Gasteiger partial charge in [-0.1, -0.05) is 12.1 Å². The Balaban J connectivity index is 1.42. The van der Waals surface area contributed by atoms with Gasteiger partial charge < -0.3 is 10.1 Å². The van der Waals surface area contributed by atoms with Gasteiger partial charge in [0.15, 0.2) is 0 Å². The molecule has 11 heteroatoms. The Bertz CT molecular complexity index is 1260. The van der Waals surface area contributed by atoms with Gasteiger partial charge in [-0.25, -0.2) is 15.1 Å². The van der Waals surface area contributed by atoms with Gasteiger partial charge >= 0.3 is 10.3 Å². The van der Waals surface area contributed by atoms with Crippen LogP contribution in [0.4, 0.5) is 5.82 Å². The molecule has 2 atom stereocenters. The molecule has 1 aliphatic rings. The molecular weight excluding hydrogens is 476 g/mol. The lowest BCUT2D eigenvalue weighted by molar-refractivity contribution is 0.104. The summed E-state index contributed by atoms with van der Waals surface area (Å²) in [6.45, 7) is 0.0534. The number of thiophene rings is 1. The van der Waals surface area contributed by atoms with E-state index >= 15 is 0 Å². The van der Waals surface area contributed by atoms with E-state index in [2.05, 4.69) is 15.3 Å². The van der Waals surface area contributed by atoms with Gasteiger partial charge in [-0.05, 0) is 66.3 Å². The molecule has 1 aromatic carbocycles. The van der Waals surface area contributed by atoms with E-state index in [1.165, 1.54) is 23.9 Å². The summed E-state index contributed by atoms with van der Waals surface area (Å²) in [4.78, 5) is 22.2. The Hall–Kier alpha value is -2.86. The minimum absolute atomic E-state index is 0.0440. The van der Waals surface area contributed by atoms with Crippen LogP contribution >= 0.6 is 11.3 Å². The molecule has 9 nitrogen and oxygen atoms in total. The molecular formula is C23H26N4O5S2. The van der Waals surface area contributed by atoms with E-state index in [0.29, 0.717) is 29.1 Å². The quantitative estimate of drug-likeness (QED) is 0.404. The molecule has 2 aromatic heterocycles. The molecule has 34 heavy (non-hydrogen) atoms. The zero-order valence-corrected chi connectivity index (χ0v) is 20.3. The summed E-state index contributed by atoms with van der Waals surface area (Å²) < 4.78 is 32.1. The number of hydrogen-bond donors (Lipinski definition) is 2. The summed E-state index contributed by atoms with van der Waals surface area (Å²) in [6.07, 6.45) is 5.91. The highest BCUT2D eigenvalue weighted by atomic mass is 32.2. The highest BCUT2D eigenvalue weighted by molar-refractivity contribution is 7.84. The summed E-state index contributed by atoms with van der Waals surface area (Å²) in [5.74, 6) is 1.19. The summed E-state index contributed by atoms with van der Waals surface area (Å²) in [7, 11) is -2.31. The number of ketones is 1. The van der Waals surface area contributed by atoms with Crippen LogP contribution in [0.1, 0.15) is 45.6 Å². The molecule has 0 radical (unpaired) electrons. The van der Waals surface area contributed by atoms with Crippen molar-refractivity contribution < 1.29 is 22.1 Å². The van der Waals surface area contributed by atoms with E-state index < -0.39 is 10.3 Å². The second kappa shape index (κ2) is 10.6. The molecule has 0 spiro atoms. The van der Waals surface area contributed by atoms with Crippen LogP contribution in [0.15, 0.2) is 48.2 Å². The molecule has 3 aromatic rings. The Labute approximate surface area is 202 Å². The van der Waals surface area contributed by atoms with Crippen molar-refractivity contribution in [2.45, 2.75) is 31.7 Å². The highest BCUT2D eigenvalue weighted by Gasteiger charge is 2.28. The summed E-state index contributed by atoms with van der Waals surface area (Å²) in [5, 5.41) is 10.2. The Morgan fingerprint density at radius 1 is 1.26 bits per heavy atom. The van der Waals surface area contributed by atoms with Crippen LogP contribution in [0, 0.1) is 5.92 Å². The van der Waals surface area contributed by atoms with Crippen LogP contribution < -0.4 is 15.2 Å². The Morgan fingerprint density at radius 3 is 2.91 bits per heavy atom. The first-order chi connectivity index (χ1) is 16.3. The number of carbonyl (C=O) groups is 1. The number of carbonyl (C=O) groups excluding carboxylic acids is 1. The van der Waals surface area contributed by atoms with E-state index in [0.717, 1.165) is 29.7 Å². The van der Waals surface area contributed by atoms with Crippen LogP contribution in [-0.2, 0) is 20.9 Å². The molecule has 1 unspecified atom stereocenters. The van der Waals surface area contributed by atoms with Gasteiger partial charge in [0, 0.05) is 12.2 Å². The van der Waals surface area contributed by atoms with Crippen molar-refractivity contribution in [3.05, 3.63) is 69.8 Å². The molecule has 0 aliphatic heterocycles. The largest absolute Gasteiger partial charge is 0.497 e. The third-order valence-corrected chi connectivity index (χ3v) is 7.17. The van der Waals surface area contributed by atoms with Gasteiger partial charge in [0.25, 0.3) is 0 Å². The highest BCUT2D eigenvalue weighted by Crippen LogP contribution is 2.30. The van der Waals surface area contributed by atoms with Crippen molar-refractivity contribution in [3.63, 3.8) is 0 Å². The van der Waals surface area contributed by atoms with Gasteiger partial charge in [-0.2, -0.15) is 8.42 Å². The molecule has 0 saturated heterocycles. The van der Waals surface area contributed by atoms with Crippen molar-refractivity contribution in [2.75, 3.05) is 19.0 Å². The number of methoxy groups -OCH3 is 1. The molecule has 2 heterocycles. The van der Waals surface area contributed by atoms with Gasteiger partial charge in [-0.3, -0.25) is 8.98 Å². The molecule has 1 fully saturated rings. The number of nitrogens with two attached hydrogens (primary N) is 1. The zero-order valence-electron chi connectivity index (χ0n) is 18.6. The third-order valence-electron chi connectivity index (χ3n) is 5.73.